The van der Waals surface area contributed by atoms with E-state index in [1.165, 1.54) is 5.56 Å². The summed E-state index contributed by atoms with van der Waals surface area (Å²) in [5.41, 5.74) is 1.54. The molecular formula is C16H24O2. The molecule has 18 heavy (non-hydrogen) atoms. The van der Waals surface area contributed by atoms with Crippen LogP contribution in [0.2, 0.25) is 0 Å². The molecule has 0 radical (unpaired) electrons. The molecule has 0 aromatic heterocycles. The van der Waals surface area contributed by atoms with E-state index in [0.29, 0.717) is 0 Å². The maximum Gasteiger partial charge on any atom is 0.128 e. The second-order valence-corrected chi connectivity index (χ2v) is 5.28. The van der Waals surface area contributed by atoms with E-state index in [1.807, 2.05) is 6.07 Å². The number of aliphatic hydroxyl groups is 1. The summed E-state index contributed by atoms with van der Waals surface area (Å²) >= 11 is 0. The van der Waals surface area contributed by atoms with Gasteiger partial charge in [-0.15, -0.1) is 0 Å². The molecule has 0 spiro atoms. The topological polar surface area (TPSA) is 29.5 Å². The van der Waals surface area contributed by atoms with Gasteiger partial charge in [-0.25, -0.2) is 0 Å². The summed E-state index contributed by atoms with van der Waals surface area (Å²) < 4.78 is 5.83. The normalized spacial score (nSPS) is 15.1. The van der Waals surface area contributed by atoms with Crippen molar-refractivity contribution in [3.8, 4) is 5.75 Å². The Morgan fingerprint density at radius 1 is 1.22 bits per heavy atom. The highest BCUT2D eigenvalue weighted by Crippen LogP contribution is 2.40. The lowest BCUT2D eigenvalue weighted by atomic mass is 9.83. The molecule has 0 unspecified atom stereocenters. The summed E-state index contributed by atoms with van der Waals surface area (Å²) in [4.78, 5) is 0. The van der Waals surface area contributed by atoms with Crippen LogP contribution in [0.15, 0.2) is 18.2 Å². The standard InChI is InChI=1S/C16H24O2/c1-3-10-16(17,11-4-2)14-9-5-7-13-8-6-12-18-15(13)14/h5,7,9,17H,3-4,6,8,10-12H2,1-2H3. The first kappa shape index (κ1) is 13.4. The van der Waals surface area contributed by atoms with Gasteiger partial charge in [0.25, 0.3) is 0 Å². The van der Waals surface area contributed by atoms with E-state index in [-0.39, 0.29) is 0 Å². The predicted octanol–water partition coefficient (Wildman–Crippen LogP) is 3.80. The van der Waals surface area contributed by atoms with Crippen molar-refractivity contribution >= 4 is 0 Å². The number of benzene rings is 1. The zero-order valence-corrected chi connectivity index (χ0v) is 11.5. The van der Waals surface area contributed by atoms with Crippen molar-refractivity contribution in [1.29, 1.82) is 0 Å². The number of rotatable bonds is 5. The summed E-state index contributed by atoms with van der Waals surface area (Å²) in [7, 11) is 0. The van der Waals surface area contributed by atoms with Crippen molar-refractivity contribution in [2.24, 2.45) is 0 Å². The smallest absolute Gasteiger partial charge is 0.128 e. The highest BCUT2D eigenvalue weighted by atomic mass is 16.5. The van der Waals surface area contributed by atoms with Crippen molar-refractivity contribution < 1.29 is 9.84 Å². The van der Waals surface area contributed by atoms with Gasteiger partial charge in [-0.1, -0.05) is 44.9 Å². The summed E-state index contributed by atoms with van der Waals surface area (Å²) in [5.74, 6) is 0.952. The molecule has 100 valence electrons. The minimum Gasteiger partial charge on any atom is -0.493 e. The average molecular weight is 248 g/mol. The Kier molecular flexibility index (Phi) is 4.28. The molecule has 1 N–H and O–H groups in total. The average Bonchev–Trinajstić information content (AvgIpc) is 2.38. The number of ether oxygens (including phenoxy) is 1. The molecule has 1 aliphatic rings. The fourth-order valence-electron chi connectivity index (χ4n) is 2.98. The van der Waals surface area contributed by atoms with Crippen LogP contribution in [0.4, 0.5) is 0 Å². The van der Waals surface area contributed by atoms with Crippen molar-refractivity contribution in [2.45, 2.75) is 58.0 Å². The Morgan fingerprint density at radius 3 is 2.61 bits per heavy atom. The van der Waals surface area contributed by atoms with E-state index in [1.54, 1.807) is 0 Å². The van der Waals surface area contributed by atoms with Gasteiger partial charge in [0, 0.05) is 5.56 Å². The van der Waals surface area contributed by atoms with Gasteiger partial charge in [-0.05, 0) is 31.2 Å². The van der Waals surface area contributed by atoms with Crippen LogP contribution in [0.3, 0.4) is 0 Å². The lowest BCUT2D eigenvalue weighted by Crippen LogP contribution is -2.27. The molecule has 2 heteroatoms. The Labute approximate surface area is 110 Å². The first-order valence-electron chi connectivity index (χ1n) is 7.19. The summed E-state index contributed by atoms with van der Waals surface area (Å²) in [6, 6.07) is 6.21. The van der Waals surface area contributed by atoms with Crippen LogP contribution in [-0.2, 0) is 12.0 Å². The highest BCUT2D eigenvalue weighted by Gasteiger charge is 2.32. The van der Waals surface area contributed by atoms with Gasteiger partial charge in [0.15, 0.2) is 0 Å². The zero-order valence-electron chi connectivity index (χ0n) is 11.5. The molecule has 0 fully saturated rings. The van der Waals surface area contributed by atoms with E-state index in [0.717, 1.165) is 56.4 Å². The fraction of sp³-hybridized carbons (Fsp3) is 0.625. The van der Waals surface area contributed by atoms with Gasteiger partial charge >= 0.3 is 0 Å². The van der Waals surface area contributed by atoms with E-state index in [2.05, 4.69) is 26.0 Å². The molecular weight excluding hydrogens is 224 g/mol. The SMILES string of the molecule is CCCC(O)(CCC)c1cccc2c1OCCC2. The van der Waals surface area contributed by atoms with Gasteiger partial charge in [-0.2, -0.15) is 0 Å². The zero-order chi connectivity index (χ0) is 13.0. The van der Waals surface area contributed by atoms with E-state index < -0.39 is 5.60 Å². The van der Waals surface area contributed by atoms with Crippen LogP contribution >= 0.6 is 0 Å². The quantitative estimate of drug-likeness (QED) is 0.859. The van der Waals surface area contributed by atoms with Gasteiger partial charge < -0.3 is 9.84 Å². The highest BCUT2D eigenvalue weighted by molar-refractivity contribution is 5.45. The third-order valence-electron chi connectivity index (χ3n) is 3.76. The lowest BCUT2D eigenvalue weighted by Gasteiger charge is -2.32. The number of para-hydroxylation sites is 1. The minimum atomic E-state index is -0.716. The van der Waals surface area contributed by atoms with Gasteiger partial charge in [0.2, 0.25) is 0 Å². The maximum atomic E-state index is 11.0. The Bertz CT molecular complexity index is 392. The van der Waals surface area contributed by atoms with Gasteiger partial charge in [0.1, 0.15) is 5.75 Å². The minimum absolute atomic E-state index is 0.716. The molecule has 1 aromatic rings. The molecule has 1 aromatic carbocycles. The summed E-state index contributed by atoms with van der Waals surface area (Å²) in [6.07, 6.45) is 5.73. The third kappa shape index (κ3) is 2.54. The number of hydrogen-bond donors (Lipinski definition) is 1. The van der Waals surface area contributed by atoms with Gasteiger partial charge in [-0.3, -0.25) is 0 Å². The maximum absolute atomic E-state index is 11.0. The van der Waals surface area contributed by atoms with Crippen LogP contribution in [0.1, 0.15) is 57.1 Å². The first-order valence-corrected chi connectivity index (χ1v) is 7.19. The molecule has 0 saturated carbocycles. The Balaban J connectivity index is 2.41. The molecule has 0 aliphatic carbocycles. The van der Waals surface area contributed by atoms with Crippen LogP contribution in [0.25, 0.3) is 0 Å². The molecule has 0 saturated heterocycles. The van der Waals surface area contributed by atoms with Crippen molar-refractivity contribution in [2.75, 3.05) is 6.61 Å². The molecule has 0 atom stereocenters. The van der Waals surface area contributed by atoms with Crippen LogP contribution in [0.5, 0.6) is 5.75 Å². The largest absolute Gasteiger partial charge is 0.493 e. The number of fused-ring (bicyclic) bond motifs is 1. The predicted molar refractivity (Wildman–Crippen MR) is 74.0 cm³/mol. The van der Waals surface area contributed by atoms with E-state index in [9.17, 15) is 5.11 Å². The lowest BCUT2D eigenvalue weighted by molar-refractivity contribution is 0.0137. The van der Waals surface area contributed by atoms with Crippen LogP contribution in [0, 0.1) is 0 Å². The molecule has 1 heterocycles. The van der Waals surface area contributed by atoms with Crippen molar-refractivity contribution in [1.82, 2.24) is 0 Å². The van der Waals surface area contributed by atoms with Gasteiger partial charge in [0.05, 0.1) is 12.2 Å². The number of hydrogen-bond acceptors (Lipinski definition) is 2. The van der Waals surface area contributed by atoms with E-state index in [4.69, 9.17) is 4.74 Å². The van der Waals surface area contributed by atoms with Crippen LogP contribution in [-0.4, -0.2) is 11.7 Å². The van der Waals surface area contributed by atoms with E-state index >= 15 is 0 Å². The second kappa shape index (κ2) is 5.75. The summed E-state index contributed by atoms with van der Waals surface area (Å²) in [5, 5.41) is 11.0. The molecule has 0 amide bonds. The Hall–Kier alpha value is -1.02. The van der Waals surface area contributed by atoms with Crippen LogP contribution < -0.4 is 4.74 Å². The molecule has 2 nitrogen and oxygen atoms in total. The summed E-state index contributed by atoms with van der Waals surface area (Å²) in [6.45, 7) is 5.02. The molecule has 0 bridgehead atoms. The third-order valence-corrected chi connectivity index (χ3v) is 3.76. The number of aryl methyl sites for hydroxylation is 1. The monoisotopic (exact) mass is 248 g/mol. The van der Waals surface area contributed by atoms with Crippen molar-refractivity contribution in [3.63, 3.8) is 0 Å². The second-order valence-electron chi connectivity index (χ2n) is 5.28. The molecule has 1 aliphatic heterocycles. The Morgan fingerprint density at radius 2 is 1.94 bits per heavy atom. The fourth-order valence-corrected chi connectivity index (χ4v) is 2.98. The molecule has 2 rings (SSSR count). The first-order chi connectivity index (χ1) is 8.71. The van der Waals surface area contributed by atoms with Crippen molar-refractivity contribution in [3.05, 3.63) is 29.3 Å².